The Bertz CT molecular complexity index is 145. The first-order chi connectivity index (χ1) is 6.34. The summed E-state index contributed by atoms with van der Waals surface area (Å²) in [7, 11) is 0. The molecule has 0 aromatic carbocycles. The van der Waals surface area contributed by atoms with Crippen LogP contribution in [0.3, 0.4) is 0 Å². The average Bonchev–Trinajstić information content (AvgIpc) is 2.19. The maximum atomic E-state index is 9.81. The van der Waals surface area contributed by atoms with Gasteiger partial charge < -0.3 is 5.11 Å². The predicted octanol–water partition coefficient (Wildman–Crippen LogP) is 3.28. The van der Waals surface area contributed by atoms with Gasteiger partial charge in [-0.3, -0.25) is 0 Å². The van der Waals surface area contributed by atoms with E-state index in [-0.39, 0.29) is 6.10 Å². The fourth-order valence-corrected chi connectivity index (χ4v) is 2.04. The largest absolute Gasteiger partial charge is 0.389 e. The Morgan fingerprint density at radius 1 is 1.31 bits per heavy atom. The van der Waals surface area contributed by atoms with Crippen molar-refractivity contribution < 1.29 is 5.11 Å². The Morgan fingerprint density at radius 2 is 2.00 bits per heavy atom. The van der Waals surface area contributed by atoms with Crippen LogP contribution in [0.5, 0.6) is 0 Å². The monoisotopic (exact) mass is 182 g/mol. The SMILES string of the molecule is CCCC=CC(O)C1CCCCC1. The first kappa shape index (κ1) is 10.8. The van der Waals surface area contributed by atoms with E-state index in [1.165, 1.54) is 38.5 Å². The molecule has 1 fully saturated rings. The van der Waals surface area contributed by atoms with Gasteiger partial charge in [-0.25, -0.2) is 0 Å². The van der Waals surface area contributed by atoms with Crippen LogP contribution < -0.4 is 0 Å². The summed E-state index contributed by atoms with van der Waals surface area (Å²) in [6.07, 6.45) is 12.6. The summed E-state index contributed by atoms with van der Waals surface area (Å²) < 4.78 is 0. The molecule has 76 valence electrons. The van der Waals surface area contributed by atoms with Crippen molar-refractivity contribution in [2.24, 2.45) is 5.92 Å². The molecular weight excluding hydrogens is 160 g/mol. The predicted molar refractivity (Wildman–Crippen MR) is 56.6 cm³/mol. The lowest BCUT2D eigenvalue weighted by Gasteiger charge is -2.24. The van der Waals surface area contributed by atoms with Crippen molar-refractivity contribution >= 4 is 0 Å². The van der Waals surface area contributed by atoms with Crippen LogP contribution in [0.1, 0.15) is 51.9 Å². The van der Waals surface area contributed by atoms with Gasteiger partial charge in [0, 0.05) is 0 Å². The molecule has 0 bridgehead atoms. The molecule has 0 aliphatic heterocycles. The van der Waals surface area contributed by atoms with Crippen molar-refractivity contribution in [3.05, 3.63) is 12.2 Å². The summed E-state index contributed by atoms with van der Waals surface area (Å²) in [6, 6.07) is 0. The highest BCUT2D eigenvalue weighted by atomic mass is 16.3. The van der Waals surface area contributed by atoms with E-state index in [2.05, 4.69) is 13.0 Å². The first-order valence-electron chi connectivity index (χ1n) is 5.69. The van der Waals surface area contributed by atoms with Crippen LogP contribution in [0.15, 0.2) is 12.2 Å². The molecule has 13 heavy (non-hydrogen) atoms. The van der Waals surface area contributed by atoms with Crippen LogP contribution in [0.4, 0.5) is 0 Å². The van der Waals surface area contributed by atoms with E-state index in [9.17, 15) is 5.11 Å². The summed E-state index contributed by atoms with van der Waals surface area (Å²) in [5.74, 6) is 0.543. The van der Waals surface area contributed by atoms with E-state index >= 15 is 0 Å². The van der Waals surface area contributed by atoms with Gasteiger partial charge in [0.1, 0.15) is 0 Å². The second-order valence-electron chi connectivity index (χ2n) is 4.11. The Hall–Kier alpha value is -0.300. The molecule has 1 aliphatic rings. The number of rotatable bonds is 4. The number of allylic oxidation sites excluding steroid dienone is 1. The lowest BCUT2D eigenvalue weighted by Crippen LogP contribution is -2.20. The fraction of sp³-hybridized carbons (Fsp3) is 0.833. The molecule has 1 aliphatic carbocycles. The second-order valence-corrected chi connectivity index (χ2v) is 4.11. The first-order valence-corrected chi connectivity index (χ1v) is 5.69. The highest BCUT2D eigenvalue weighted by Crippen LogP contribution is 2.26. The van der Waals surface area contributed by atoms with Gasteiger partial charge in [0.2, 0.25) is 0 Å². The number of aliphatic hydroxyl groups excluding tert-OH is 1. The van der Waals surface area contributed by atoms with Crippen LogP contribution in [0.2, 0.25) is 0 Å². The second kappa shape index (κ2) is 6.20. The molecule has 0 radical (unpaired) electrons. The summed E-state index contributed by atoms with van der Waals surface area (Å²) in [5, 5.41) is 9.81. The molecule has 1 N–H and O–H groups in total. The summed E-state index contributed by atoms with van der Waals surface area (Å²) >= 11 is 0. The Kier molecular flexibility index (Phi) is 5.14. The molecular formula is C12H22O. The number of hydrogen-bond donors (Lipinski definition) is 1. The molecule has 1 rings (SSSR count). The molecule has 1 atom stereocenters. The van der Waals surface area contributed by atoms with Crippen molar-refractivity contribution in [2.45, 2.75) is 58.0 Å². The van der Waals surface area contributed by atoms with Gasteiger partial charge in [-0.1, -0.05) is 44.8 Å². The zero-order valence-corrected chi connectivity index (χ0v) is 8.71. The van der Waals surface area contributed by atoms with Gasteiger partial charge in [0.15, 0.2) is 0 Å². The van der Waals surface area contributed by atoms with E-state index in [0.29, 0.717) is 5.92 Å². The van der Waals surface area contributed by atoms with Gasteiger partial charge in [0.25, 0.3) is 0 Å². The topological polar surface area (TPSA) is 20.2 Å². The van der Waals surface area contributed by atoms with Gasteiger partial charge >= 0.3 is 0 Å². The number of hydrogen-bond acceptors (Lipinski definition) is 1. The van der Waals surface area contributed by atoms with Crippen molar-refractivity contribution in [2.75, 3.05) is 0 Å². The fourth-order valence-electron chi connectivity index (χ4n) is 2.04. The third-order valence-electron chi connectivity index (χ3n) is 2.92. The van der Waals surface area contributed by atoms with Crippen LogP contribution in [-0.4, -0.2) is 11.2 Å². The molecule has 1 nitrogen and oxygen atoms in total. The van der Waals surface area contributed by atoms with Crippen LogP contribution in [0, 0.1) is 5.92 Å². The maximum absolute atomic E-state index is 9.81. The molecule has 0 spiro atoms. The zero-order valence-electron chi connectivity index (χ0n) is 8.71. The minimum Gasteiger partial charge on any atom is -0.389 e. The Morgan fingerprint density at radius 3 is 2.62 bits per heavy atom. The Labute approximate surface area is 81.9 Å². The minimum atomic E-state index is -0.174. The van der Waals surface area contributed by atoms with Crippen LogP contribution in [-0.2, 0) is 0 Å². The molecule has 0 heterocycles. The van der Waals surface area contributed by atoms with Gasteiger partial charge in [0.05, 0.1) is 6.10 Å². The van der Waals surface area contributed by atoms with Crippen molar-refractivity contribution in [3.63, 3.8) is 0 Å². The molecule has 0 aromatic rings. The summed E-state index contributed by atoms with van der Waals surface area (Å²) in [5.41, 5.74) is 0. The standard InChI is InChI=1S/C12H22O/c1-2-3-5-10-12(13)11-8-6-4-7-9-11/h5,10-13H,2-4,6-9H2,1H3. The smallest absolute Gasteiger partial charge is 0.0749 e. The minimum absolute atomic E-state index is 0.174. The highest BCUT2D eigenvalue weighted by Gasteiger charge is 2.18. The molecule has 1 saturated carbocycles. The molecule has 0 aromatic heterocycles. The van der Waals surface area contributed by atoms with Crippen molar-refractivity contribution in [1.29, 1.82) is 0 Å². The van der Waals surface area contributed by atoms with Crippen LogP contribution in [0.25, 0.3) is 0 Å². The number of unbranched alkanes of at least 4 members (excludes halogenated alkanes) is 1. The van der Waals surface area contributed by atoms with E-state index in [4.69, 9.17) is 0 Å². The maximum Gasteiger partial charge on any atom is 0.0749 e. The quantitative estimate of drug-likeness (QED) is 0.661. The van der Waals surface area contributed by atoms with Crippen molar-refractivity contribution in [3.8, 4) is 0 Å². The van der Waals surface area contributed by atoms with Gasteiger partial charge in [-0.15, -0.1) is 0 Å². The normalized spacial score (nSPS) is 22.3. The van der Waals surface area contributed by atoms with E-state index < -0.39 is 0 Å². The van der Waals surface area contributed by atoms with Crippen molar-refractivity contribution in [1.82, 2.24) is 0 Å². The lowest BCUT2D eigenvalue weighted by atomic mass is 9.85. The summed E-state index contributed by atoms with van der Waals surface area (Å²) in [4.78, 5) is 0. The van der Waals surface area contributed by atoms with E-state index in [0.717, 1.165) is 6.42 Å². The summed E-state index contributed by atoms with van der Waals surface area (Å²) in [6.45, 7) is 2.16. The molecule has 1 unspecified atom stereocenters. The number of aliphatic hydroxyl groups is 1. The molecule has 0 saturated heterocycles. The van der Waals surface area contributed by atoms with Gasteiger partial charge in [-0.2, -0.15) is 0 Å². The third kappa shape index (κ3) is 3.95. The van der Waals surface area contributed by atoms with E-state index in [1.54, 1.807) is 0 Å². The highest BCUT2D eigenvalue weighted by molar-refractivity contribution is 4.92. The molecule has 0 amide bonds. The molecule has 1 heteroatoms. The third-order valence-corrected chi connectivity index (χ3v) is 2.92. The zero-order chi connectivity index (χ0) is 9.52. The Balaban J connectivity index is 2.24. The van der Waals surface area contributed by atoms with Gasteiger partial charge in [-0.05, 0) is 25.2 Å². The van der Waals surface area contributed by atoms with Crippen LogP contribution >= 0.6 is 0 Å². The van der Waals surface area contributed by atoms with E-state index in [1.807, 2.05) is 6.08 Å². The average molecular weight is 182 g/mol. The lowest BCUT2D eigenvalue weighted by molar-refractivity contribution is 0.125.